The molecule has 1 aliphatic carbocycles. The molecule has 0 aromatic heterocycles. The summed E-state index contributed by atoms with van der Waals surface area (Å²) in [4.78, 5) is 12.0. The molecule has 7 heteroatoms. The van der Waals surface area contributed by atoms with Gasteiger partial charge < -0.3 is 10.4 Å². The minimum Gasteiger partial charge on any atom is -0.387 e. The fraction of sp³-hybridized carbons (Fsp3) is 0.278. The van der Waals surface area contributed by atoms with E-state index in [1.165, 1.54) is 24.3 Å². The summed E-state index contributed by atoms with van der Waals surface area (Å²) in [6.07, 6.45) is 1.05. The summed E-state index contributed by atoms with van der Waals surface area (Å²) in [5, 5.41) is 12.9. The number of amides is 1. The molecule has 0 heterocycles. The van der Waals surface area contributed by atoms with Gasteiger partial charge in [0, 0.05) is 18.2 Å². The maximum absolute atomic E-state index is 12.3. The summed E-state index contributed by atoms with van der Waals surface area (Å²) in [7, 11) is -3.76. The molecule has 132 valence electrons. The minimum atomic E-state index is -3.76. The zero-order valence-electron chi connectivity index (χ0n) is 13.6. The highest BCUT2D eigenvalue weighted by atomic mass is 32.2. The summed E-state index contributed by atoms with van der Waals surface area (Å²) >= 11 is 0. The number of benzene rings is 2. The number of hydrogen-bond acceptors (Lipinski definition) is 4. The number of carbonyl (C=O) groups is 1. The summed E-state index contributed by atoms with van der Waals surface area (Å²) in [6.45, 7) is -0.129. The normalized spacial score (nSPS) is 15.6. The van der Waals surface area contributed by atoms with E-state index >= 15 is 0 Å². The highest BCUT2D eigenvalue weighted by molar-refractivity contribution is 7.89. The van der Waals surface area contributed by atoms with Crippen molar-refractivity contribution < 1.29 is 18.3 Å². The lowest BCUT2D eigenvalue weighted by atomic mass is 10.1. The van der Waals surface area contributed by atoms with E-state index < -0.39 is 16.1 Å². The highest BCUT2D eigenvalue weighted by Gasteiger charge is 2.24. The lowest BCUT2D eigenvalue weighted by molar-refractivity contribution is 0.0951. The predicted octanol–water partition coefficient (Wildman–Crippen LogP) is 1.59. The molecule has 0 unspecified atom stereocenters. The van der Waals surface area contributed by atoms with Crippen molar-refractivity contribution in [3.8, 4) is 0 Å². The Kier molecular flexibility index (Phi) is 5.17. The van der Waals surface area contributed by atoms with Gasteiger partial charge in [-0.2, -0.15) is 0 Å². The molecule has 25 heavy (non-hydrogen) atoms. The van der Waals surface area contributed by atoms with Crippen LogP contribution < -0.4 is 10.0 Å². The van der Waals surface area contributed by atoms with Gasteiger partial charge in [0.05, 0.1) is 11.0 Å². The second kappa shape index (κ2) is 7.35. The van der Waals surface area contributed by atoms with E-state index in [1.807, 2.05) is 6.07 Å². The molecule has 0 aliphatic heterocycles. The van der Waals surface area contributed by atoms with Crippen LogP contribution in [-0.4, -0.2) is 32.0 Å². The Bertz CT molecular complexity index is 831. The number of carbonyl (C=O) groups excluding carboxylic acids is 1. The van der Waals surface area contributed by atoms with Crippen LogP contribution >= 0.6 is 0 Å². The van der Waals surface area contributed by atoms with Gasteiger partial charge >= 0.3 is 0 Å². The van der Waals surface area contributed by atoms with Gasteiger partial charge in [0.15, 0.2) is 0 Å². The van der Waals surface area contributed by atoms with Crippen LogP contribution in [0, 0.1) is 0 Å². The van der Waals surface area contributed by atoms with Crippen molar-refractivity contribution in [2.45, 2.75) is 29.9 Å². The number of sulfonamides is 1. The van der Waals surface area contributed by atoms with Crippen molar-refractivity contribution in [2.75, 3.05) is 6.54 Å². The number of hydrogen-bond donors (Lipinski definition) is 3. The molecular formula is C18H20N2O4S. The van der Waals surface area contributed by atoms with E-state index in [2.05, 4.69) is 10.0 Å². The average Bonchev–Trinajstić information content (AvgIpc) is 3.44. The lowest BCUT2D eigenvalue weighted by Crippen LogP contribution is -2.29. The number of aliphatic hydroxyl groups excluding tert-OH is 1. The molecule has 0 saturated heterocycles. The third-order valence-electron chi connectivity index (χ3n) is 3.99. The number of aliphatic hydroxyl groups is 1. The van der Waals surface area contributed by atoms with Gasteiger partial charge in [-0.15, -0.1) is 0 Å². The third-order valence-corrected chi connectivity index (χ3v) is 5.43. The fourth-order valence-electron chi connectivity index (χ4n) is 2.35. The lowest BCUT2D eigenvalue weighted by Gasteiger charge is -2.13. The Morgan fingerprint density at radius 1 is 1.08 bits per heavy atom. The second-order valence-corrected chi connectivity index (χ2v) is 7.82. The maximum atomic E-state index is 12.3. The van der Waals surface area contributed by atoms with Crippen molar-refractivity contribution in [1.82, 2.24) is 10.0 Å². The first kappa shape index (κ1) is 17.6. The number of nitrogens with one attached hydrogen (secondary N) is 2. The molecule has 2 aromatic carbocycles. The summed E-state index contributed by atoms with van der Waals surface area (Å²) in [5.74, 6) is -0.195. The summed E-state index contributed by atoms with van der Waals surface area (Å²) in [5.41, 5.74) is 1.06. The smallest absolute Gasteiger partial charge is 0.251 e. The van der Waals surface area contributed by atoms with E-state index in [0.29, 0.717) is 11.1 Å². The summed E-state index contributed by atoms with van der Waals surface area (Å²) < 4.78 is 27.0. The van der Waals surface area contributed by atoms with Crippen molar-refractivity contribution in [3.63, 3.8) is 0 Å². The first-order valence-corrected chi connectivity index (χ1v) is 9.57. The van der Waals surface area contributed by atoms with Gasteiger partial charge in [0.1, 0.15) is 0 Å². The van der Waals surface area contributed by atoms with Gasteiger partial charge in [-0.3, -0.25) is 4.79 Å². The molecule has 0 spiro atoms. The zero-order valence-corrected chi connectivity index (χ0v) is 14.4. The van der Waals surface area contributed by atoms with Crippen LogP contribution in [0.3, 0.4) is 0 Å². The molecule has 1 aliphatic rings. The predicted molar refractivity (Wildman–Crippen MR) is 93.5 cm³/mol. The summed E-state index contributed by atoms with van der Waals surface area (Å²) in [6, 6.07) is 14.8. The molecule has 3 rings (SSSR count). The Hall–Kier alpha value is -2.22. The van der Waals surface area contributed by atoms with E-state index in [1.54, 1.807) is 24.3 Å². The van der Waals surface area contributed by atoms with Gasteiger partial charge in [-0.1, -0.05) is 30.3 Å². The van der Waals surface area contributed by atoms with Crippen molar-refractivity contribution >= 4 is 15.9 Å². The molecule has 1 saturated carbocycles. The van der Waals surface area contributed by atoms with E-state index in [4.69, 9.17) is 0 Å². The van der Waals surface area contributed by atoms with Gasteiger partial charge in [-0.25, -0.2) is 13.1 Å². The van der Waals surface area contributed by atoms with E-state index in [0.717, 1.165) is 12.8 Å². The molecule has 0 radical (unpaired) electrons. The maximum Gasteiger partial charge on any atom is 0.251 e. The standard InChI is InChI=1S/C18H20N2O4S/c21-17(13-4-2-1-3-5-13)12-19-25(23,24)16-10-6-14(7-11-16)18(22)20-15-8-9-15/h1-7,10-11,15,17,19,21H,8-9,12H2,(H,20,22)/t17-/m1/s1. The van der Waals surface area contributed by atoms with Crippen LogP contribution in [0.15, 0.2) is 59.5 Å². The third kappa shape index (κ3) is 4.66. The van der Waals surface area contributed by atoms with E-state index in [9.17, 15) is 18.3 Å². The molecular weight excluding hydrogens is 340 g/mol. The molecule has 2 aromatic rings. The monoisotopic (exact) mass is 360 g/mol. The SMILES string of the molecule is O=C(NC1CC1)c1ccc(S(=O)(=O)NC[C@@H](O)c2ccccc2)cc1. The van der Waals surface area contributed by atoms with Gasteiger partial charge in [-0.05, 0) is 42.7 Å². The Morgan fingerprint density at radius 2 is 1.72 bits per heavy atom. The zero-order chi connectivity index (χ0) is 17.9. The van der Waals surface area contributed by atoms with Crippen molar-refractivity contribution in [3.05, 3.63) is 65.7 Å². The molecule has 1 amide bonds. The first-order chi connectivity index (χ1) is 12.0. The Labute approximate surface area is 146 Å². The number of rotatable bonds is 7. The quantitative estimate of drug-likeness (QED) is 0.699. The van der Waals surface area contributed by atoms with Crippen LogP contribution in [0.25, 0.3) is 0 Å². The van der Waals surface area contributed by atoms with Crippen LogP contribution in [0.1, 0.15) is 34.9 Å². The van der Waals surface area contributed by atoms with Gasteiger partial charge in [0.2, 0.25) is 10.0 Å². The van der Waals surface area contributed by atoms with E-state index in [-0.39, 0.29) is 23.4 Å². The van der Waals surface area contributed by atoms with Crippen LogP contribution in [-0.2, 0) is 10.0 Å². The second-order valence-electron chi connectivity index (χ2n) is 6.05. The molecule has 3 N–H and O–H groups in total. The average molecular weight is 360 g/mol. The fourth-order valence-corrected chi connectivity index (χ4v) is 3.39. The topological polar surface area (TPSA) is 95.5 Å². The van der Waals surface area contributed by atoms with Crippen molar-refractivity contribution in [1.29, 1.82) is 0 Å². The first-order valence-electron chi connectivity index (χ1n) is 8.09. The van der Waals surface area contributed by atoms with Crippen molar-refractivity contribution in [2.24, 2.45) is 0 Å². The Balaban J connectivity index is 1.62. The van der Waals surface area contributed by atoms with Crippen LogP contribution in [0.2, 0.25) is 0 Å². The molecule has 1 atom stereocenters. The van der Waals surface area contributed by atoms with Crippen LogP contribution in [0.5, 0.6) is 0 Å². The largest absolute Gasteiger partial charge is 0.387 e. The molecule has 0 bridgehead atoms. The van der Waals surface area contributed by atoms with Crippen LogP contribution in [0.4, 0.5) is 0 Å². The Morgan fingerprint density at radius 3 is 2.32 bits per heavy atom. The molecule has 1 fully saturated rings. The highest BCUT2D eigenvalue weighted by Crippen LogP contribution is 2.20. The van der Waals surface area contributed by atoms with Gasteiger partial charge in [0.25, 0.3) is 5.91 Å². The minimum absolute atomic E-state index is 0.0516. The molecule has 6 nitrogen and oxygen atoms in total.